The Morgan fingerprint density at radius 1 is 1.35 bits per heavy atom. The number of halogens is 3. The van der Waals surface area contributed by atoms with E-state index in [-0.39, 0.29) is 24.1 Å². The molecule has 26 heavy (non-hydrogen) atoms. The number of rotatable bonds is 5. The molecule has 1 saturated heterocycles. The Bertz CT molecular complexity index is 664. The van der Waals surface area contributed by atoms with E-state index in [2.05, 4.69) is 5.32 Å². The minimum absolute atomic E-state index is 0.0184. The molecule has 1 fully saturated rings. The zero-order chi connectivity index (χ0) is 19.3. The normalized spacial score (nSPS) is 17.7. The first-order valence-electron chi connectivity index (χ1n) is 8.24. The molecule has 1 aliphatic heterocycles. The lowest BCUT2D eigenvalue weighted by atomic mass is 10.1. The number of anilines is 1. The standard InChI is InChI=1S/C17H22F3N3O3/c1-11-3-4-13(16(25)22-10-17(18,19)20)7-14(11)21-8-15(24)23-5-6-26-12(2)9-23/h3-4,7,12,21H,5-6,8-10H2,1-2H3,(H,22,25). The van der Waals surface area contributed by atoms with Crippen molar-refractivity contribution < 1.29 is 27.5 Å². The fraction of sp³-hybridized carbons (Fsp3) is 0.529. The van der Waals surface area contributed by atoms with E-state index in [0.717, 1.165) is 5.56 Å². The summed E-state index contributed by atoms with van der Waals surface area (Å²) in [7, 11) is 0. The first-order valence-corrected chi connectivity index (χ1v) is 8.24. The van der Waals surface area contributed by atoms with Gasteiger partial charge >= 0.3 is 6.18 Å². The molecule has 2 amide bonds. The second-order valence-electron chi connectivity index (χ2n) is 6.20. The van der Waals surface area contributed by atoms with Gasteiger partial charge in [-0.1, -0.05) is 6.07 Å². The molecule has 0 spiro atoms. The summed E-state index contributed by atoms with van der Waals surface area (Å²) in [5, 5.41) is 4.78. The highest BCUT2D eigenvalue weighted by Crippen LogP contribution is 2.18. The number of aryl methyl sites for hydroxylation is 1. The van der Waals surface area contributed by atoms with Gasteiger partial charge in [0.15, 0.2) is 0 Å². The fourth-order valence-electron chi connectivity index (χ4n) is 2.56. The van der Waals surface area contributed by atoms with Crippen molar-refractivity contribution >= 4 is 17.5 Å². The van der Waals surface area contributed by atoms with Crippen LogP contribution in [0.15, 0.2) is 18.2 Å². The van der Waals surface area contributed by atoms with E-state index in [9.17, 15) is 22.8 Å². The molecule has 0 bridgehead atoms. The minimum Gasteiger partial charge on any atom is -0.376 e. The number of alkyl halides is 3. The molecular formula is C17H22F3N3O3. The Kier molecular flexibility index (Phi) is 6.47. The van der Waals surface area contributed by atoms with Crippen LogP contribution in [0.4, 0.5) is 18.9 Å². The van der Waals surface area contributed by atoms with Gasteiger partial charge in [-0.05, 0) is 31.5 Å². The van der Waals surface area contributed by atoms with Crippen LogP contribution in [0.3, 0.4) is 0 Å². The van der Waals surface area contributed by atoms with Crippen molar-refractivity contribution in [2.24, 2.45) is 0 Å². The summed E-state index contributed by atoms with van der Waals surface area (Å²) >= 11 is 0. The van der Waals surface area contributed by atoms with Gasteiger partial charge in [-0.3, -0.25) is 9.59 Å². The highest BCUT2D eigenvalue weighted by atomic mass is 19.4. The van der Waals surface area contributed by atoms with Crippen LogP contribution in [0, 0.1) is 6.92 Å². The molecule has 0 aromatic heterocycles. The summed E-state index contributed by atoms with van der Waals surface area (Å²) in [6, 6.07) is 4.50. The van der Waals surface area contributed by atoms with E-state index in [4.69, 9.17) is 4.74 Å². The molecule has 1 unspecified atom stereocenters. The molecule has 1 aliphatic rings. The fourth-order valence-corrected chi connectivity index (χ4v) is 2.56. The summed E-state index contributed by atoms with van der Waals surface area (Å²) in [5.74, 6) is -0.926. The highest BCUT2D eigenvalue weighted by Gasteiger charge is 2.28. The summed E-state index contributed by atoms with van der Waals surface area (Å²) in [5.41, 5.74) is 1.40. The monoisotopic (exact) mass is 373 g/mol. The number of hydrogen-bond donors (Lipinski definition) is 2. The van der Waals surface area contributed by atoms with Crippen LogP contribution in [-0.2, 0) is 9.53 Å². The predicted octanol–water partition coefficient (Wildman–Crippen LogP) is 1.95. The van der Waals surface area contributed by atoms with Gasteiger partial charge in [-0.2, -0.15) is 13.2 Å². The van der Waals surface area contributed by atoms with Crippen LogP contribution in [0.25, 0.3) is 0 Å². The van der Waals surface area contributed by atoms with Gasteiger partial charge in [-0.15, -0.1) is 0 Å². The first kappa shape index (κ1) is 20.0. The first-order chi connectivity index (χ1) is 12.2. The third-order valence-corrected chi connectivity index (χ3v) is 3.97. The van der Waals surface area contributed by atoms with Crippen LogP contribution < -0.4 is 10.6 Å². The Balaban J connectivity index is 1.96. The molecule has 0 radical (unpaired) electrons. The van der Waals surface area contributed by atoms with Crippen molar-refractivity contribution in [3.8, 4) is 0 Å². The quantitative estimate of drug-likeness (QED) is 0.828. The maximum Gasteiger partial charge on any atom is 0.405 e. The smallest absolute Gasteiger partial charge is 0.376 e. The molecule has 0 saturated carbocycles. The molecule has 6 nitrogen and oxygen atoms in total. The van der Waals surface area contributed by atoms with E-state index < -0.39 is 18.6 Å². The van der Waals surface area contributed by atoms with E-state index in [1.807, 2.05) is 12.2 Å². The number of ether oxygens (including phenoxy) is 1. The third kappa shape index (κ3) is 5.91. The van der Waals surface area contributed by atoms with E-state index >= 15 is 0 Å². The van der Waals surface area contributed by atoms with Crippen molar-refractivity contribution in [3.05, 3.63) is 29.3 Å². The highest BCUT2D eigenvalue weighted by molar-refractivity contribution is 5.95. The summed E-state index contributed by atoms with van der Waals surface area (Å²) < 4.78 is 42.0. The van der Waals surface area contributed by atoms with Gasteiger partial charge in [-0.25, -0.2) is 0 Å². The summed E-state index contributed by atoms with van der Waals surface area (Å²) in [6.07, 6.45) is -4.49. The lowest BCUT2D eigenvalue weighted by Gasteiger charge is -2.31. The maximum absolute atomic E-state index is 12.3. The van der Waals surface area contributed by atoms with Gasteiger partial charge in [0, 0.05) is 24.3 Å². The third-order valence-electron chi connectivity index (χ3n) is 3.97. The van der Waals surface area contributed by atoms with E-state index in [1.54, 1.807) is 17.9 Å². The van der Waals surface area contributed by atoms with Crippen molar-refractivity contribution in [3.63, 3.8) is 0 Å². The van der Waals surface area contributed by atoms with Crippen LogP contribution in [-0.4, -0.2) is 61.8 Å². The van der Waals surface area contributed by atoms with E-state index in [1.165, 1.54) is 12.1 Å². The number of morpholine rings is 1. The number of carbonyl (C=O) groups is 2. The molecule has 2 rings (SSSR count). The lowest BCUT2D eigenvalue weighted by Crippen LogP contribution is -2.46. The van der Waals surface area contributed by atoms with Crippen LogP contribution in [0.1, 0.15) is 22.8 Å². The molecule has 9 heteroatoms. The van der Waals surface area contributed by atoms with E-state index in [0.29, 0.717) is 25.4 Å². The zero-order valence-corrected chi connectivity index (χ0v) is 14.7. The zero-order valence-electron chi connectivity index (χ0n) is 14.7. The van der Waals surface area contributed by atoms with Crippen LogP contribution in [0.2, 0.25) is 0 Å². The predicted molar refractivity (Wildman–Crippen MR) is 90.1 cm³/mol. The number of carbonyl (C=O) groups excluding carboxylic acids is 2. The minimum atomic E-state index is -4.47. The molecule has 0 aliphatic carbocycles. The Morgan fingerprint density at radius 2 is 2.08 bits per heavy atom. The van der Waals surface area contributed by atoms with Gasteiger partial charge in [0.05, 0.1) is 19.3 Å². The average Bonchev–Trinajstić information content (AvgIpc) is 2.58. The number of benzene rings is 1. The molecule has 144 valence electrons. The van der Waals surface area contributed by atoms with Crippen molar-refractivity contribution in [2.75, 3.05) is 38.1 Å². The maximum atomic E-state index is 12.3. The van der Waals surface area contributed by atoms with Gasteiger partial charge in [0.25, 0.3) is 5.91 Å². The number of hydrogen-bond acceptors (Lipinski definition) is 4. The Hall–Kier alpha value is -2.29. The SMILES string of the molecule is Cc1ccc(C(=O)NCC(F)(F)F)cc1NCC(=O)N1CCOC(C)C1. The second-order valence-corrected chi connectivity index (χ2v) is 6.20. The molecule has 2 N–H and O–H groups in total. The number of nitrogens with zero attached hydrogens (tertiary/aromatic N) is 1. The van der Waals surface area contributed by atoms with Crippen molar-refractivity contribution in [2.45, 2.75) is 26.1 Å². The second kappa shape index (κ2) is 8.39. The van der Waals surface area contributed by atoms with Gasteiger partial charge < -0.3 is 20.3 Å². The number of nitrogens with one attached hydrogen (secondary N) is 2. The van der Waals surface area contributed by atoms with Crippen molar-refractivity contribution in [1.82, 2.24) is 10.2 Å². The molecule has 1 atom stereocenters. The van der Waals surface area contributed by atoms with Crippen LogP contribution in [0.5, 0.6) is 0 Å². The van der Waals surface area contributed by atoms with Gasteiger partial charge in [0.1, 0.15) is 6.54 Å². The average molecular weight is 373 g/mol. The van der Waals surface area contributed by atoms with Crippen LogP contribution >= 0.6 is 0 Å². The summed E-state index contributed by atoms with van der Waals surface area (Å²) in [4.78, 5) is 25.8. The van der Waals surface area contributed by atoms with Gasteiger partial charge in [0.2, 0.25) is 5.91 Å². The Morgan fingerprint density at radius 3 is 2.73 bits per heavy atom. The topological polar surface area (TPSA) is 70.7 Å². The molecule has 1 aromatic carbocycles. The molecule has 1 aromatic rings. The lowest BCUT2D eigenvalue weighted by molar-refractivity contribution is -0.136. The molecule has 1 heterocycles. The van der Waals surface area contributed by atoms with Crippen molar-refractivity contribution in [1.29, 1.82) is 0 Å². The number of amides is 2. The largest absolute Gasteiger partial charge is 0.405 e. The molecular weight excluding hydrogens is 351 g/mol. The Labute approximate surface area is 149 Å². The summed E-state index contributed by atoms with van der Waals surface area (Å²) in [6.45, 7) is 3.82.